The van der Waals surface area contributed by atoms with Crippen molar-refractivity contribution in [1.29, 1.82) is 5.26 Å². The number of rotatable bonds is 19. The number of aliphatic hydroxyl groups is 1. The molecule has 4 aromatic rings. The average molecular weight is 969 g/mol. The number of likely N-dealkylation sites (tertiary alicyclic amines) is 1. The second-order valence-corrected chi connectivity index (χ2v) is 21.6. The van der Waals surface area contributed by atoms with Crippen LogP contribution in [0.5, 0.6) is 5.75 Å². The standard InChI is InChI=1S/C52H66ClN7O7S/c1-31(33-13-15-34(16-14-33)43-32(2)56-30-68-43)57-46(64)41-25-38(61)28-60(41)47(65)44(50(3,4)5)58-42(62)29-66-24-12-10-11-23-55-37-20-17-35(18-21-37)45(63)59-48-51(6,7)49(52(48,8)9)67-39-22-19-36(27-54)40(53)26-39/h13-22,26,30-31,38,41,44,48-49,55,61H,10-12,23-25,28-29H2,1-9H3,(H,57,64)(H,58,62)(H,59,63)/t31-,38+,41-,44-,48-,49-/m0/s1. The maximum absolute atomic E-state index is 14.1. The average Bonchev–Trinajstić information content (AvgIpc) is 3.91. The Morgan fingerprint density at radius 3 is 2.29 bits per heavy atom. The number of benzene rings is 3. The fourth-order valence-corrected chi connectivity index (χ4v) is 10.7. The Hall–Kier alpha value is -5.53. The second kappa shape index (κ2) is 21.8. The van der Waals surface area contributed by atoms with Crippen molar-refractivity contribution in [3.05, 3.63) is 99.6 Å². The van der Waals surface area contributed by atoms with Gasteiger partial charge < -0.3 is 40.7 Å². The molecule has 1 saturated carbocycles. The largest absolute Gasteiger partial charge is 0.489 e. The van der Waals surface area contributed by atoms with Gasteiger partial charge in [0.1, 0.15) is 36.6 Å². The fourth-order valence-electron chi connectivity index (χ4n) is 9.67. The van der Waals surface area contributed by atoms with Gasteiger partial charge in [-0.1, -0.05) is 84.3 Å². The van der Waals surface area contributed by atoms with Crippen LogP contribution in [-0.2, 0) is 19.1 Å². The van der Waals surface area contributed by atoms with Crippen molar-refractivity contribution < 1.29 is 33.8 Å². The first kappa shape index (κ1) is 51.9. The highest BCUT2D eigenvalue weighted by atomic mass is 35.5. The molecule has 1 aromatic heterocycles. The smallest absolute Gasteiger partial charge is 0.251 e. The number of amides is 4. The van der Waals surface area contributed by atoms with Crippen LogP contribution in [0, 0.1) is 34.5 Å². The fraction of sp³-hybridized carbons (Fsp3) is 0.500. The topological polar surface area (TPSA) is 195 Å². The third kappa shape index (κ3) is 12.2. The van der Waals surface area contributed by atoms with Crippen molar-refractivity contribution in [2.75, 3.05) is 31.6 Å². The predicted octanol–water partition coefficient (Wildman–Crippen LogP) is 8.22. The lowest BCUT2D eigenvalue weighted by Gasteiger charge is -2.63. The number of hydrogen-bond donors (Lipinski definition) is 5. The van der Waals surface area contributed by atoms with E-state index >= 15 is 0 Å². The summed E-state index contributed by atoms with van der Waals surface area (Å²) >= 11 is 7.81. The number of carbonyl (C=O) groups is 4. The third-order valence-electron chi connectivity index (χ3n) is 13.2. The molecule has 0 spiro atoms. The van der Waals surface area contributed by atoms with E-state index in [4.69, 9.17) is 21.1 Å². The number of β-amino-alcohol motifs (C(OH)–C–C–N with tert-alkyl or cyclic N) is 1. The molecule has 5 N–H and O–H groups in total. The second-order valence-electron chi connectivity index (χ2n) is 20.3. The van der Waals surface area contributed by atoms with Gasteiger partial charge in [-0.3, -0.25) is 19.2 Å². The number of nitrogens with one attached hydrogen (secondary N) is 4. The van der Waals surface area contributed by atoms with E-state index in [9.17, 15) is 29.5 Å². The van der Waals surface area contributed by atoms with Crippen LogP contribution in [-0.4, -0.2) is 95.3 Å². The maximum Gasteiger partial charge on any atom is 0.251 e. The SMILES string of the molecule is Cc1ncsc1-c1ccc([C@H](C)NC(=O)[C@@H]2C[C@@H](O)CN2C(=O)[C@H](NC(=O)COCCCCCNc2ccc(C(=O)N[C@H]3C(C)(C)[C@H](Oc4ccc(C#N)c(Cl)c4)C3(C)C)cc2)C(C)(C)C)cc1. The number of anilines is 1. The van der Waals surface area contributed by atoms with Crippen LogP contribution in [0.4, 0.5) is 5.69 Å². The van der Waals surface area contributed by atoms with Crippen LogP contribution >= 0.6 is 22.9 Å². The highest BCUT2D eigenvalue weighted by Gasteiger charge is 2.64. The Morgan fingerprint density at radius 1 is 0.985 bits per heavy atom. The summed E-state index contributed by atoms with van der Waals surface area (Å²) < 4.78 is 12.1. The number of aliphatic hydroxyl groups excluding tert-OH is 1. The zero-order chi connectivity index (χ0) is 49.6. The molecule has 0 unspecified atom stereocenters. The zero-order valence-corrected chi connectivity index (χ0v) is 42.1. The summed E-state index contributed by atoms with van der Waals surface area (Å²) in [5.41, 5.74) is 5.11. The first-order chi connectivity index (χ1) is 32.1. The van der Waals surface area contributed by atoms with Crippen molar-refractivity contribution >= 4 is 52.3 Å². The summed E-state index contributed by atoms with van der Waals surface area (Å²) in [5.74, 6) is -0.820. The number of nitrogens with zero attached hydrogens (tertiary/aromatic N) is 3. The molecular weight excluding hydrogens is 902 g/mol. The number of nitriles is 1. The number of halogens is 1. The molecule has 1 aliphatic carbocycles. The molecule has 4 amide bonds. The molecule has 0 bridgehead atoms. The van der Waals surface area contributed by atoms with Gasteiger partial charge in [0.25, 0.3) is 5.91 Å². The lowest BCUT2D eigenvalue weighted by Crippen LogP contribution is -2.74. The lowest BCUT2D eigenvalue weighted by atomic mass is 9.49. The lowest BCUT2D eigenvalue weighted by molar-refractivity contribution is -0.164. The molecule has 2 fully saturated rings. The number of ether oxygens (including phenoxy) is 2. The first-order valence-electron chi connectivity index (χ1n) is 23.3. The minimum atomic E-state index is -0.952. The highest BCUT2D eigenvalue weighted by molar-refractivity contribution is 7.13. The van der Waals surface area contributed by atoms with E-state index in [1.165, 1.54) is 4.90 Å². The van der Waals surface area contributed by atoms with Gasteiger partial charge in [-0.15, -0.1) is 11.3 Å². The summed E-state index contributed by atoms with van der Waals surface area (Å²) in [4.78, 5) is 61.0. The molecule has 2 heterocycles. The first-order valence-corrected chi connectivity index (χ1v) is 24.5. The van der Waals surface area contributed by atoms with E-state index in [2.05, 4.69) is 60.0 Å². The van der Waals surface area contributed by atoms with Gasteiger partial charge in [-0.05, 0) is 86.1 Å². The molecule has 2 aliphatic rings. The van der Waals surface area contributed by atoms with Crippen molar-refractivity contribution in [3.8, 4) is 22.3 Å². The van der Waals surface area contributed by atoms with Crippen molar-refractivity contribution in [3.63, 3.8) is 0 Å². The molecule has 16 heteroatoms. The van der Waals surface area contributed by atoms with Crippen molar-refractivity contribution in [1.82, 2.24) is 25.8 Å². The number of hydrogen-bond acceptors (Lipinski definition) is 11. The Bertz CT molecular complexity index is 2450. The highest BCUT2D eigenvalue weighted by Crippen LogP contribution is 2.55. The molecule has 1 aliphatic heterocycles. The zero-order valence-electron chi connectivity index (χ0n) is 40.6. The van der Waals surface area contributed by atoms with E-state index in [1.54, 1.807) is 41.7 Å². The van der Waals surface area contributed by atoms with Crippen LogP contribution in [0.3, 0.4) is 0 Å². The van der Waals surface area contributed by atoms with E-state index < -0.39 is 35.4 Å². The minimum Gasteiger partial charge on any atom is -0.489 e. The molecule has 3 aromatic carbocycles. The van der Waals surface area contributed by atoms with E-state index in [1.807, 2.05) is 76.5 Å². The molecule has 364 valence electrons. The van der Waals surface area contributed by atoms with E-state index in [-0.39, 0.29) is 60.4 Å². The summed E-state index contributed by atoms with van der Waals surface area (Å²) in [6.07, 6.45) is 1.46. The Morgan fingerprint density at radius 2 is 1.68 bits per heavy atom. The quantitative estimate of drug-likeness (QED) is 0.0572. The summed E-state index contributed by atoms with van der Waals surface area (Å²) in [5, 5.41) is 32.7. The maximum atomic E-state index is 14.1. The normalized spacial score (nSPS) is 20.3. The van der Waals surface area contributed by atoms with Gasteiger partial charge in [0, 0.05) is 60.3 Å². The van der Waals surface area contributed by atoms with Crippen molar-refractivity contribution in [2.24, 2.45) is 16.2 Å². The van der Waals surface area contributed by atoms with Gasteiger partial charge in [0.2, 0.25) is 17.7 Å². The van der Waals surface area contributed by atoms with Gasteiger partial charge in [0.15, 0.2) is 0 Å². The molecule has 4 atom stereocenters. The van der Waals surface area contributed by atoms with Crippen LogP contribution in [0.2, 0.25) is 5.02 Å². The molecule has 14 nitrogen and oxygen atoms in total. The molecule has 0 radical (unpaired) electrons. The van der Waals surface area contributed by atoms with Gasteiger partial charge in [-0.25, -0.2) is 4.98 Å². The number of aromatic nitrogens is 1. The van der Waals surface area contributed by atoms with Gasteiger partial charge in [-0.2, -0.15) is 5.26 Å². The van der Waals surface area contributed by atoms with Crippen LogP contribution in [0.25, 0.3) is 10.4 Å². The molecule has 1 saturated heterocycles. The molecule has 6 rings (SSSR count). The number of unbranched alkanes of at least 4 members (excludes halogenated alkanes) is 2. The number of aryl methyl sites for hydroxylation is 1. The Labute approximate surface area is 409 Å². The van der Waals surface area contributed by atoms with Crippen LogP contribution in [0.15, 0.2) is 72.2 Å². The van der Waals surface area contributed by atoms with Crippen LogP contribution < -0.4 is 26.0 Å². The monoisotopic (exact) mass is 967 g/mol. The predicted molar refractivity (Wildman–Crippen MR) is 265 cm³/mol. The third-order valence-corrected chi connectivity index (χ3v) is 14.5. The van der Waals surface area contributed by atoms with Gasteiger partial charge >= 0.3 is 0 Å². The Kier molecular flexibility index (Phi) is 16.6. The van der Waals surface area contributed by atoms with E-state index in [0.717, 1.165) is 46.6 Å². The van der Waals surface area contributed by atoms with Gasteiger partial charge in [0.05, 0.1) is 38.8 Å². The molecule has 68 heavy (non-hydrogen) atoms. The number of carbonyl (C=O) groups excluding carboxylic acids is 4. The van der Waals surface area contributed by atoms with E-state index in [0.29, 0.717) is 35.1 Å². The minimum absolute atomic E-state index is 0.0135. The summed E-state index contributed by atoms with van der Waals surface area (Å²) in [6.45, 7) is 18.5. The number of thiazole rings is 1. The van der Waals surface area contributed by atoms with Crippen LogP contribution in [0.1, 0.15) is 114 Å². The molecular formula is C52H66ClN7O7S. The summed E-state index contributed by atoms with van der Waals surface area (Å²) in [6, 6.07) is 20.1. The summed E-state index contributed by atoms with van der Waals surface area (Å²) in [7, 11) is 0. The van der Waals surface area contributed by atoms with Crippen molar-refractivity contribution in [2.45, 2.75) is 124 Å². The Balaban J connectivity index is 0.887.